The van der Waals surface area contributed by atoms with Gasteiger partial charge in [-0.05, 0) is 39.7 Å². The minimum absolute atomic E-state index is 0.201. The Balaban J connectivity index is 1.67. The van der Waals surface area contributed by atoms with Crippen molar-refractivity contribution in [3.63, 3.8) is 0 Å². The van der Waals surface area contributed by atoms with Crippen LogP contribution in [0.4, 0.5) is 0 Å². The van der Waals surface area contributed by atoms with E-state index < -0.39 is 0 Å². The summed E-state index contributed by atoms with van der Waals surface area (Å²) in [6, 6.07) is 9.07. The average Bonchev–Trinajstić information content (AvgIpc) is 3.22. The Hall–Kier alpha value is -2.12. The summed E-state index contributed by atoms with van der Waals surface area (Å²) in [4.78, 5) is 17.5. The van der Waals surface area contributed by atoms with Gasteiger partial charge in [0, 0.05) is 4.47 Å². The van der Waals surface area contributed by atoms with Gasteiger partial charge in [0.1, 0.15) is 28.4 Å². The first-order valence-corrected chi connectivity index (χ1v) is 8.27. The number of halogens is 1. The first kappa shape index (κ1) is 15.8. The van der Waals surface area contributed by atoms with Gasteiger partial charge < -0.3 is 13.9 Å². The highest BCUT2D eigenvalue weighted by Crippen LogP contribution is 2.36. The third-order valence-electron chi connectivity index (χ3n) is 3.04. The molecule has 0 saturated heterocycles. The monoisotopic (exact) mass is 393 g/mol. The van der Waals surface area contributed by atoms with Crippen LogP contribution in [0.1, 0.15) is 15.2 Å². The van der Waals surface area contributed by atoms with Crippen LogP contribution in [0.15, 0.2) is 51.7 Å². The van der Waals surface area contributed by atoms with Crippen LogP contribution in [0.2, 0.25) is 0 Å². The lowest BCUT2D eigenvalue weighted by molar-refractivity contribution is 0.0478. The lowest BCUT2D eigenvalue weighted by Crippen LogP contribution is -2.03. The van der Waals surface area contributed by atoms with Crippen LogP contribution in [-0.4, -0.2) is 18.1 Å². The third kappa shape index (κ3) is 3.62. The van der Waals surface area contributed by atoms with Crippen molar-refractivity contribution in [2.75, 3.05) is 7.11 Å². The molecule has 7 heteroatoms. The number of methoxy groups -OCH3 is 1. The summed E-state index contributed by atoms with van der Waals surface area (Å²) >= 11 is 4.68. The van der Waals surface area contributed by atoms with Crippen LogP contribution in [0.5, 0.6) is 5.75 Å². The maximum Gasteiger partial charge on any atom is 0.348 e. The Morgan fingerprint density at radius 1 is 1.35 bits per heavy atom. The highest BCUT2D eigenvalue weighted by molar-refractivity contribution is 9.10. The normalized spacial score (nSPS) is 10.5. The molecule has 0 aliphatic heterocycles. The lowest BCUT2D eigenvalue weighted by atomic mass is 10.2. The van der Waals surface area contributed by atoms with E-state index in [1.54, 1.807) is 19.4 Å². The number of carbonyl (C=O) groups is 1. The fraction of sp³-hybridized carbons (Fsp3) is 0.125. The van der Waals surface area contributed by atoms with Gasteiger partial charge in [-0.15, -0.1) is 11.3 Å². The number of ether oxygens (including phenoxy) is 2. The lowest BCUT2D eigenvalue weighted by Gasteiger charge is -2.04. The molecule has 0 bridgehead atoms. The van der Waals surface area contributed by atoms with Crippen molar-refractivity contribution in [3.8, 4) is 16.5 Å². The van der Waals surface area contributed by atoms with Gasteiger partial charge in [0.15, 0.2) is 0 Å². The van der Waals surface area contributed by atoms with E-state index in [9.17, 15) is 4.79 Å². The molecule has 0 amide bonds. The minimum atomic E-state index is -0.385. The molecular formula is C16H12BrNO4S. The summed E-state index contributed by atoms with van der Waals surface area (Å²) in [6.45, 7) is 0.201. The molecular weight excluding hydrogens is 382 g/mol. The van der Waals surface area contributed by atoms with E-state index in [1.807, 2.05) is 24.3 Å². The van der Waals surface area contributed by atoms with Gasteiger partial charge in [0.25, 0.3) is 0 Å². The second-order valence-corrected chi connectivity index (χ2v) is 6.46. The van der Waals surface area contributed by atoms with Crippen LogP contribution >= 0.6 is 27.3 Å². The maximum absolute atomic E-state index is 12.2. The second-order valence-electron chi connectivity index (χ2n) is 4.55. The number of oxazole rings is 1. The molecule has 5 nitrogen and oxygen atoms in total. The molecule has 0 spiro atoms. The molecule has 0 aliphatic carbocycles. The Morgan fingerprint density at radius 3 is 2.78 bits per heavy atom. The van der Waals surface area contributed by atoms with Gasteiger partial charge in [-0.2, -0.15) is 0 Å². The van der Waals surface area contributed by atoms with E-state index in [0.717, 1.165) is 20.7 Å². The van der Waals surface area contributed by atoms with Crippen LogP contribution in [-0.2, 0) is 11.3 Å². The summed E-state index contributed by atoms with van der Waals surface area (Å²) in [7, 11) is 1.61. The van der Waals surface area contributed by atoms with E-state index >= 15 is 0 Å². The Bertz CT molecular complexity index is 796. The third-order valence-corrected chi connectivity index (χ3v) is 5.03. The van der Waals surface area contributed by atoms with Crippen LogP contribution in [0.3, 0.4) is 0 Å². The number of benzene rings is 1. The molecule has 1 aromatic carbocycles. The molecule has 0 atom stereocenters. The fourth-order valence-corrected chi connectivity index (χ4v) is 3.57. The highest BCUT2D eigenvalue weighted by Gasteiger charge is 2.18. The van der Waals surface area contributed by atoms with Crippen LogP contribution < -0.4 is 4.74 Å². The Morgan fingerprint density at radius 2 is 2.13 bits per heavy atom. The summed E-state index contributed by atoms with van der Waals surface area (Å²) in [5, 5.41) is 0. The molecule has 2 aromatic heterocycles. The van der Waals surface area contributed by atoms with E-state index in [1.165, 1.54) is 17.6 Å². The number of carbonyl (C=O) groups excluding carboxylic acids is 1. The van der Waals surface area contributed by atoms with Crippen molar-refractivity contribution in [3.05, 3.63) is 57.7 Å². The van der Waals surface area contributed by atoms with Crippen molar-refractivity contribution < 1.29 is 18.7 Å². The predicted octanol–water partition coefficient (Wildman–Crippen LogP) is 4.53. The number of nitrogens with zero attached hydrogens (tertiary/aromatic N) is 1. The quantitative estimate of drug-likeness (QED) is 0.595. The molecule has 0 N–H and O–H groups in total. The number of hydrogen-bond donors (Lipinski definition) is 0. The molecule has 3 aromatic rings. The molecule has 3 rings (SSSR count). The summed E-state index contributed by atoms with van der Waals surface area (Å²) in [5.41, 5.74) is 0.891. The van der Waals surface area contributed by atoms with Crippen molar-refractivity contribution in [1.82, 2.24) is 4.98 Å². The summed E-state index contributed by atoms with van der Waals surface area (Å²) in [5.74, 6) is 0.846. The molecule has 118 valence electrons. The smallest absolute Gasteiger partial charge is 0.348 e. The first-order chi connectivity index (χ1) is 11.2. The molecule has 0 unspecified atom stereocenters. The van der Waals surface area contributed by atoms with Crippen molar-refractivity contribution in [2.45, 2.75) is 6.61 Å². The maximum atomic E-state index is 12.2. The first-order valence-electron chi connectivity index (χ1n) is 6.66. The largest absolute Gasteiger partial charge is 0.497 e. The molecule has 0 radical (unpaired) electrons. The SMILES string of the molecule is COc1ccc(COC(=O)c2cc(Br)c(-c3ncco3)s2)cc1. The number of esters is 1. The van der Waals surface area contributed by atoms with Gasteiger partial charge in [0.2, 0.25) is 5.89 Å². The number of thiophene rings is 1. The predicted molar refractivity (Wildman–Crippen MR) is 89.6 cm³/mol. The van der Waals surface area contributed by atoms with Gasteiger partial charge in [0.05, 0.1) is 13.3 Å². The topological polar surface area (TPSA) is 61.6 Å². The zero-order valence-electron chi connectivity index (χ0n) is 12.1. The van der Waals surface area contributed by atoms with E-state index in [-0.39, 0.29) is 12.6 Å². The van der Waals surface area contributed by atoms with E-state index in [4.69, 9.17) is 13.9 Å². The van der Waals surface area contributed by atoms with Crippen molar-refractivity contribution >= 4 is 33.2 Å². The van der Waals surface area contributed by atoms with Gasteiger partial charge in [-0.3, -0.25) is 0 Å². The zero-order chi connectivity index (χ0) is 16.2. The van der Waals surface area contributed by atoms with Crippen LogP contribution in [0, 0.1) is 0 Å². The van der Waals surface area contributed by atoms with Crippen LogP contribution in [0.25, 0.3) is 10.8 Å². The summed E-state index contributed by atoms with van der Waals surface area (Å²) < 4.78 is 16.4. The summed E-state index contributed by atoms with van der Waals surface area (Å²) in [6.07, 6.45) is 3.05. The average molecular weight is 394 g/mol. The van der Waals surface area contributed by atoms with E-state index in [2.05, 4.69) is 20.9 Å². The standard InChI is InChI=1S/C16H12BrNO4S/c1-20-11-4-2-10(3-5-11)9-22-16(19)13-8-12(17)14(23-13)15-18-6-7-21-15/h2-8H,9H2,1H3. The fourth-order valence-electron chi connectivity index (χ4n) is 1.89. The second kappa shape index (κ2) is 6.97. The molecule has 0 aliphatic rings. The van der Waals surface area contributed by atoms with Gasteiger partial charge >= 0.3 is 5.97 Å². The van der Waals surface area contributed by atoms with E-state index in [0.29, 0.717) is 10.8 Å². The van der Waals surface area contributed by atoms with Gasteiger partial charge in [-0.25, -0.2) is 9.78 Å². The van der Waals surface area contributed by atoms with Crippen molar-refractivity contribution in [1.29, 1.82) is 0 Å². The van der Waals surface area contributed by atoms with Gasteiger partial charge in [-0.1, -0.05) is 12.1 Å². The molecule has 23 heavy (non-hydrogen) atoms. The minimum Gasteiger partial charge on any atom is -0.497 e. The molecule has 2 heterocycles. The number of hydrogen-bond acceptors (Lipinski definition) is 6. The number of rotatable bonds is 5. The Kier molecular flexibility index (Phi) is 4.78. The Labute approximate surface area is 145 Å². The van der Waals surface area contributed by atoms with Crippen molar-refractivity contribution in [2.24, 2.45) is 0 Å². The molecule has 0 saturated carbocycles. The molecule has 0 fully saturated rings. The zero-order valence-corrected chi connectivity index (χ0v) is 14.5. The number of aromatic nitrogens is 1. The highest BCUT2D eigenvalue weighted by atomic mass is 79.9.